The third-order valence-electron chi connectivity index (χ3n) is 6.94. The van der Waals surface area contributed by atoms with E-state index < -0.39 is 45.7 Å². The molecular weight excluding hydrogens is 576 g/mol. The molecule has 1 fully saturated rings. The Balaban J connectivity index is 1.79. The van der Waals surface area contributed by atoms with Gasteiger partial charge in [-0.25, -0.2) is 14.4 Å². The van der Waals surface area contributed by atoms with Crippen LogP contribution < -0.4 is 0 Å². The Labute approximate surface area is 262 Å². The number of nitro groups is 1. The van der Waals surface area contributed by atoms with Crippen LogP contribution in [-0.4, -0.2) is 44.7 Å². The minimum atomic E-state index is -1.78. The zero-order valence-electron chi connectivity index (χ0n) is 26.3. The van der Waals surface area contributed by atoms with Crippen LogP contribution in [0.1, 0.15) is 64.7 Å². The third-order valence-corrected chi connectivity index (χ3v) is 6.94. The van der Waals surface area contributed by atoms with Gasteiger partial charge in [0.2, 0.25) is 0 Å². The molecule has 0 radical (unpaired) electrons. The van der Waals surface area contributed by atoms with Gasteiger partial charge in [-0.3, -0.25) is 10.1 Å². The first-order valence-electron chi connectivity index (χ1n) is 14.6. The Morgan fingerprint density at radius 1 is 0.822 bits per heavy atom. The number of imide groups is 1. The number of benzene rings is 3. The molecule has 236 valence electrons. The van der Waals surface area contributed by atoms with Crippen molar-refractivity contribution in [2.75, 3.05) is 0 Å². The lowest BCUT2D eigenvalue weighted by atomic mass is 9.95. The number of ether oxygens (including phenoxy) is 3. The molecule has 0 aliphatic heterocycles. The first kappa shape index (κ1) is 32.9. The maximum atomic E-state index is 14.1. The summed E-state index contributed by atoms with van der Waals surface area (Å²) in [7, 11) is 0. The van der Waals surface area contributed by atoms with E-state index in [1.54, 1.807) is 41.5 Å². The molecule has 1 aliphatic carbocycles. The summed E-state index contributed by atoms with van der Waals surface area (Å²) in [6, 6.07) is 24.7. The van der Waals surface area contributed by atoms with Gasteiger partial charge in [0.1, 0.15) is 17.8 Å². The van der Waals surface area contributed by atoms with Crippen LogP contribution in [0.3, 0.4) is 0 Å². The molecule has 0 heterocycles. The molecule has 10 nitrogen and oxygen atoms in total. The van der Waals surface area contributed by atoms with Gasteiger partial charge in [0.15, 0.2) is 5.54 Å². The van der Waals surface area contributed by atoms with Gasteiger partial charge >= 0.3 is 18.2 Å². The fourth-order valence-electron chi connectivity index (χ4n) is 4.86. The molecule has 0 N–H and O–H groups in total. The molecule has 0 spiro atoms. The van der Waals surface area contributed by atoms with Gasteiger partial charge in [0.25, 0.3) is 5.69 Å². The average Bonchev–Trinajstić information content (AvgIpc) is 3.67. The number of carbonyl (C=O) groups is 3. The Hall–Kier alpha value is -4.99. The lowest BCUT2D eigenvalue weighted by molar-refractivity contribution is -0.384. The summed E-state index contributed by atoms with van der Waals surface area (Å²) in [6.45, 7) is 9.71. The van der Waals surface area contributed by atoms with Crippen LogP contribution in [0.2, 0.25) is 0 Å². The number of nitro benzene ring substituents is 1. The van der Waals surface area contributed by atoms with Crippen molar-refractivity contribution in [3.63, 3.8) is 0 Å². The molecule has 45 heavy (non-hydrogen) atoms. The van der Waals surface area contributed by atoms with E-state index in [1.807, 2.05) is 66.7 Å². The zero-order chi connectivity index (χ0) is 33.0. The van der Waals surface area contributed by atoms with Crippen molar-refractivity contribution < 1.29 is 33.5 Å². The lowest BCUT2D eigenvalue weighted by Gasteiger charge is -2.33. The molecular formula is C35H38N2O8. The number of hydrogen-bond donors (Lipinski definition) is 0. The molecule has 2 amide bonds. The maximum absolute atomic E-state index is 14.1. The van der Waals surface area contributed by atoms with Gasteiger partial charge in [-0.15, -0.1) is 0 Å². The van der Waals surface area contributed by atoms with Crippen LogP contribution >= 0.6 is 0 Å². The quantitative estimate of drug-likeness (QED) is 0.109. The highest BCUT2D eigenvalue weighted by Crippen LogP contribution is 2.53. The summed E-state index contributed by atoms with van der Waals surface area (Å²) in [4.78, 5) is 52.9. The van der Waals surface area contributed by atoms with Crippen LogP contribution in [0.4, 0.5) is 15.3 Å². The predicted molar refractivity (Wildman–Crippen MR) is 168 cm³/mol. The maximum Gasteiger partial charge on any atom is 0.420 e. The molecule has 0 aromatic heterocycles. The number of amides is 2. The van der Waals surface area contributed by atoms with Gasteiger partial charge in [0.05, 0.1) is 4.92 Å². The third kappa shape index (κ3) is 8.14. The number of carbonyl (C=O) groups excluding carboxylic acids is 3. The smallest absolute Gasteiger partial charge is 0.420 e. The molecule has 4 rings (SSSR count). The van der Waals surface area contributed by atoms with Crippen molar-refractivity contribution in [2.24, 2.45) is 5.92 Å². The SMILES string of the molecule is CC(C)(C)OC(=O)N(C(=O)OC(C)(C)C)[C@@]1(C(=O)OCc2ccc([N+](=O)[O-])cc2)C[C@H]1C=C(c1ccccc1)c1ccccc1. The van der Waals surface area contributed by atoms with E-state index in [-0.39, 0.29) is 18.7 Å². The first-order chi connectivity index (χ1) is 21.1. The van der Waals surface area contributed by atoms with Crippen molar-refractivity contribution in [3.8, 4) is 0 Å². The second kappa shape index (κ2) is 12.9. The van der Waals surface area contributed by atoms with E-state index >= 15 is 0 Å². The molecule has 1 saturated carbocycles. The van der Waals surface area contributed by atoms with Crippen LogP contribution in [0, 0.1) is 16.0 Å². The average molecular weight is 615 g/mol. The minimum Gasteiger partial charge on any atom is -0.459 e. The second-order valence-corrected chi connectivity index (χ2v) is 12.8. The van der Waals surface area contributed by atoms with Crippen molar-refractivity contribution in [1.29, 1.82) is 0 Å². The minimum absolute atomic E-state index is 0.0632. The van der Waals surface area contributed by atoms with Gasteiger partial charge in [-0.1, -0.05) is 66.7 Å². The zero-order valence-corrected chi connectivity index (χ0v) is 26.3. The number of nitrogens with zero attached hydrogens (tertiary/aromatic N) is 2. The van der Waals surface area contributed by atoms with Gasteiger partial charge in [0, 0.05) is 18.1 Å². The molecule has 3 aromatic carbocycles. The number of esters is 1. The normalized spacial score (nSPS) is 17.4. The van der Waals surface area contributed by atoms with E-state index in [0.717, 1.165) is 21.6 Å². The number of rotatable bonds is 8. The Bertz CT molecular complexity index is 1500. The summed E-state index contributed by atoms with van der Waals surface area (Å²) in [5.41, 5.74) is -0.799. The molecule has 0 saturated heterocycles. The van der Waals surface area contributed by atoms with Crippen LogP contribution in [0.5, 0.6) is 0 Å². The Morgan fingerprint density at radius 3 is 1.71 bits per heavy atom. The summed E-state index contributed by atoms with van der Waals surface area (Å²) in [5.74, 6) is -1.49. The van der Waals surface area contributed by atoms with Gasteiger partial charge in [-0.2, -0.15) is 4.90 Å². The summed E-state index contributed by atoms with van der Waals surface area (Å²) < 4.78 is 17.0. The molecule has 10 heteroatoms. The van der Waals surface area contributed by atoms with Gasteiger partial charge < -0.3 is 14.2 Å². The molecule has 0 unspecified atom stereocenters. The summed E-state index contributed by atoms with van der Waals surface area (Å²) >= 11 is 0. The largest absolute Gasteiger partial charge is 0.459 e. The van der Waals surface area contributed by atoms with Crippen LogP contribution in [0.25, 0.3) is 5.57 Å². The highest BCUT2D eigenvalue weighted by atomic mass is 16.6. The van der Waals surface area contributed by atoms with Crippen LogP contribution in [-0.2, 0) is 25.6 Å². The highest BCUT2D eigenvalue weighted by molar-refractivity contribution is 6.00. The number of non-ortho nitro benzene ring substituents is 1. The fourth-order valence-corrected chi connectivity index (χ4v) is 4.86. The topological polar surface area (TPSA) is 125 Å². The van der Waals surface area contributed by atoms with E-state index in [0.29, 0.717) is 5.56 Å². The van der Waals surface area contributed by atoms with E-state index in [9.17, 15) is 24.5 Å². The monoisotopic (exact) mass is 614 g/mol. The predicted octanol–water partition coefficient (Wildman–Crippen LogP) is 7.70. The highest BCUT2D eigenvalue weighted by Gasteiger charge is 2.69. The van der Waals surface area contributed by atoms with E-state index in [2.05, 4.69) is 0 Å². The molecule has 3 aromatic rings. The van der Waals surface area contributed by atoms with Crippen LogP contribution in [0.15, 0.2) is 91.0 Å². The number of hydrogen-bond acceptors (Lipinski definition) is 8. The molecule has 0 bridgehead atoms. The van der Waals surface area contributed by atoms with E-state index in [1.165, 1.54) is 24.3 Å². The second-order valence-electron chi connectivity index (χ2n) is 12.8. The van der Waals surface area contributed by atoms with Crippen molar-refractivity contribution in [2.45, 2.75) is 71.3 Å². The Morgan fingerprint density at radius 2 is 1.29 bits per heavy atom. The summed E-state index contributed by atoms with van der Waals surface area (Å²) in [5, 5.41) is 11.1. The van der Waals surface area contributed by atoms with Gasteiger partial charge in [-0.05, 0) is 82.4 Å². The van der Waals surface area contributed by atoms with Crippen molar-refractivity contribution in [3.05, 3.63) is 118 Å². The molecule has 1 aliphatic rings. The van der Waals surface area contributed by atoms with Crippen molar-refractivity contribution >= 4 is 29.4 Å². The lowest BCUT2D eigenvalue weighted by Crippen LogP contribution is -2.55. The molecule has 2 atom stereocenters. The summed E-state index contributed by atoms with van der Waals surface area (Å²) in [6.07, 6.45) is -0.144. The van der Waals surface area contributed by atoms with E-state index in [4.69, 9.17) is 14.2 Å². The standard InChI is InChI=1S/C35H38N2O8/c1-33(2,3)44-31(39)36(32(40)45-34(4,5)6)35(30(38)43-23-24-17-19-28(20-18-24)37(41)42)22-27(35)21-29(25-13-9-7-10-14-25)26-15-11-8-12-16-26/h7-21,27H,22-23H2,1-6H3/t27-,35+/m1/s1. The Kier molecular flexibility index (Phi) is 9.46. The fraction of sp³-hybridized carbons (Fsp3) is 0.343. The first-order valence-corrected chi connectivity index (χ1v) is 14.6. The van der Waals surface area contributed by atoms with Crippen molar-refractivity contribution in [1.82, 2.24) is 4.90 Å².